The number of thioether (sulfide) groups is 1. The standard InChI is InChI=1S/C22H27N4O6PS/c1-3-20(17-6-4-7-18(13-17)26(27)28)34-22-25-24-21(32-22)19-9-8-16(12-15(19)2)14-23-10-5-11-33(29,30)31/h4,6-9,12-13,20,23H,3,5,10-11,14H2,1-2H3,(H2,29,30,31). The molecule has 0 radical (unpaired) electrons. The van der Waals surface area contributed by atoms with Gasteiger partial charge in [0.25, 0.3) is 10.9 Å². The van der Waals surface area contributed by atoms with Crippen molar-refractivity contribution in [2.24, 2.45) is 0 Å². The fourth-order valence-corrected chi connectivity index (χ4v) is 4.91. The molecule has 1 heterocycles. The van der Waals surface area contributed by atoms with Crippen molar-refractivity contribution in [3.63, 3.8) is 0 Å². The number of nitro groups is 1. The smallest absolute Gasteiger partial charge is 0.325 e. The Balaban J connectivity index is 1.63. The summed E-state index contributed by atoms with van der Waals surface area (Å²) in [5, 5.41) is 22.9. The second-order valence-corrected chi connectivity index (χ2v) is 10.7. The molecule has 3 aromatic rings. The highest BCUT2D eigenvalue weighted by molar-refractivity contribution is 7.99. The van der Waals surface area contributed by atoms with Gasteiger partial charge >= 0.3 is 7.60 Å². The third-order valence-electron chi connectivity index (χ3n) is 5.13. The molecule has 0 aliphatic carbocycles. The number of hydrogen-bond acceptors (Lipinski definition) is 8. The Morgan fingerprint density at radius 2 is 2.03 bits per heavy atom. The van der Waals surface area contributed by atoms with Crippen molar-refractivity contribution in [3.8, 4) is 11.5 Å². The highest BCUT2D eigenvalue weighted by Gasteiger charge is 2.19. The van der Waals surface area contributed by atoms with Crippen LogP contribution in [0.4, 0.5) is 5.69 Å². The molecule has 0 amide bonds. The third-order valence-corrected chi connectivity index (χ3v) is 7.28. The molecular weight excluding hydrogens is 479 g/mol. The van der Waals surface area contributed by atoms with Crippen LogP contribution in [0.3, 0.4) is 0 Å². The van der Waals surface area contributed by atoms with Crippen molar-refractivity contribution in [2.75, 3.05) is 12.7 Å². The SMILES string of the molecule is CCC(Sc1nnc(-c2ccc(CNCCCP(=O)(O)O)cc2C)o1)c1cccc([N+](=O)[O-])c1. The van der Waals surface area contributed by atoms with Crippen molar-refractivity contribution in [1.29, 1.82) is 0 Å². The molecule has 1 atom stereocenters. The number of aromatic nitrogens is 2. The maximum absolute atomic E-state index is 11.1. The van der Waals surface area contributed by atoms with E-state index in [0.717, 1.165) is 28.7 Å². The zero-order valence-corrected chi connectivity index (χ0v) is 20.6. The number of nitrogens with one attached hydrogen (secondary N) is 1. The van der Waals surface area contributed by atoms with E-state index in [1.165, 1.54) is 17.8 Å². The summed E-state index contributed by atoms with van der Waals surface area (Å²) in [6.45, 7) is 5.03. The number of nitro benzene ring substituents is 1. The minimum absolute atomic E-state index is 0.0507. The van der Waals surface area contributed by atoms with E-state index in [9.17, 15) is 14.7 Å². The number of benzene rings is 2. The Kier molecular flexibility index (Phi) is 8.98. The molecule has 10 nitrogen and oxygen atoms in total. The normalized spacial score (nSPS) is 12.6. The van der Waals surface area contributed by atoms with Gasteiger partial charge in [-0.25, -0.2) is 0 Å². The lowest BCUT2D eigenvalue weighted by molar-refractivity contribution is -0.384. The minimum Gasteiger partial charge on any atom is -0.411 e. The van der Waals surface area contributed by atoms with E-state index in [2.05, 4.69) is 15.5 Å². The number of aryl methyl sites for hydroxylation is 1. The van der Waals surface area contributed by atoms with E-state index in [0.29, 0.717) is 30.6 Å². The van der Waals surface area contributed by atoms with Gasteiger partial charge in [0, 0.05) is 29.5 Å². The molecule has 0 aliphatic heterocycles. The predicted molar refractivity (Wildman–Crippen MR) is 130 cm³/mol. The largest absolute Gasteiger partial charge is 0.411 e. The molecule has 0 bridgehead atoms. The van der Waals surface area contributed by atoms with Crippen LogP contribution in [0.15, 0.2) is 52.1 Å². The maximum atomic E-state index is 11.1. The molecule has 12 heteroatoms. The average molecular weight is 507 g/mol. The molecular formula is C22H27N4O6PS. The fraction of sp³-hybridized carbons (Fsp3) is 0.364. The molecule has 0 aliphatic rings. The van der Waals surface area contributed by atoms with Crippen LogP contribution in [0.2, 0.25) is 0 Å². The first kappa shape index (κ1) is 26.1. The highest BCUT2D eigenvalue weighted by atomic mass is 32.2. The summed E-state index contributed by atoms with van der Waals surface area (Å²) in [6, 6.07) is 12.4. The first-order valence-corrected chi connectivity index (χ1v) is 13.4. The zero-order chi connectivity index (χ0) is 24.7. The Morgan fingerprint density at radius 1 is 1.24 bits per heavy atom. The molecule has 182 valence electrons. The van der Waals surface area contributed by atoms with Gasteiger partial charge in [0.05, 0.1) is 11.1 Å². The Labute approximate surface area is 201 Å². The van der Waals surface area contributed by atoms with Gasteiger partial charge in [0.15, 0.2) is 0 Å². The summed E-state index contributed by atoms with van der Waals surface area (Å²) in [7, 11) is -3.95. The maximum Gasteiger partial charge on any atom is 0.325 e. The van der Waals surface area contributed by atoms with Crippen LogP contribution < -0.4 is 5.32 Å². The minimum atomic E-state index is -3.95. The molecule has 2 aromatic carbocycles. The van der Waals surface area contributed by atoms with E-state index >= 15 is 0 Å². The number of nitrogens with zero attached hydrogens (tertiary/aromatic N) is 3. The second kappa shape index (κ2) is 11.7. The van der Waals surface area contributed by atoms with Crippen molar-refractivity contribution in [3.05, 3.63) is 69.3 Å². The molecule has 3 rings (SSSR count). The number of rotatable bonds is 12. The lowest BCUT2D eigenvalue weighted by atomic mass is 10.1. The summed E-state index contributed by atoms with van der Waals surface area (Å²) >= 11 is 1.38. The summed E-state index contributed by atoms with van der Waals surface area (Å²) in [4.78, 5) is 28.5. The summed E-state index contributed by atoms with van der Waals surface area (Å²) in [5.74, 6) is 0.398. The van der Waals surface area contributed by atoms with Crippen LogP contribution in [0, 0.1) is 17.0 Å². The van der Waals surface area contributed by atoms with Gasteiger partial charge in [-0.3, -0.25) is 14.7 Å². The lowest BCUT2D eigenvalue weighted by Gasteiger charge is -2.12. The zero-order valence-electron chi connectivity index (χ0n) is 18.9. The van der Waals surface area contributed by atoms with Gasteiger partial charge in [-0.1, -0.05) is 43.0 Å². The second-order valence-electron chi connectivity index (χ2n) is 7.81. The van der Waals surface area contributed by atoms with Gasteiger partial charge in [0.1, 0.15) is 0 Å². The van der Waals surface area contributed by atoms with Crippen molar-refractivity contribution < 1.29 is 23.7 Å². The average Bonchev–Trinajstić information content (AvgIpc) is 3.25. The van der Waals surface area contributed by atoms with Crippen LogP contribution in [0.1, 0.15) is 41.7 Å². The molecule has 3 N–H and O–H groups in total. The molecule has 0 saturated heterocycles. The van der Waals surface area contributed by atoms with Crippen molar-refractivity contribution >= 4 is 25.0 Å². The van der Waals surface area contributed by atoms with Crippen LogP contribution in [-0.2, 0) is 11.1 Å². The summed E-state index contributed by atoms with van der Waals surface area (Å²) < 4.78 is 16.8. The highest BCUT2D eigenvalue weighted by Crippen LogP contribution is 2.39. The number of hydrogen-bond donors (Lipinski definition) is 3. The van der Waals surface area contributed by atoms with Gasteiger partial charge in [-0.05, 0) is 49.1 Å². The third kappa shape index (κ3) is 7.48. The first-order chi connectivity index (χ1) is 16.2. The Bertz CT molecular complexity index is 1180. The quantitative estimate of drug-likeness (QED) is 0.102. The van der Waals surface area contributed by atoms with Crippen molar-refractivity contribution in [2.45, 2.75) is 43.7 Å². The first-order valence-electron chi connectivity index (χ1n) is 10.8. The van der Waals surface area contributed by atoms with Gasteiger partial charge in [-0.15, -0.1) is 10.2 Å². The van der Waals surface area contributed by atoms with E-state index in [1.807, 2.05) is 38.1 Å². The van der Waals surface area contributed by atoms with Crippen molar-refractivity contribution in [1.82, 2.24) is 15.5 Å². The molecule has 1 unspecified atom stereocenters. The van der Waals surface area contributed by atoms with Crippen LogP contribution in [0.25, 0.3) is 11.5 Å². The van der Waals surface area contributed by atoms with Crippen LogP contribution in [-0.4, -0.2) is 37.6 Å². The Morgan fingerprint density at radius 3 is 2.71 bits per heavy atom. The van der Waals surface area contributed by atoms with Gasteiger partial charge < -0.3 is 19.5 Å². The molecule has 0 saturated carbocycles. The monoisotopic (exact) mass is 506 g/mol. The topological polar surface area (TPSA) is 152 Å². The molecule has 0 spiro atoms. The molecule has 0 fully saturated rings. The predicted octanol–water partition coefficient (Wildman–Crippen LogP) is 4.85. The molecule has 34 heavy (non-hydrogen) atoms. The van der Waals surface area contributed by atoms with E-state index in [1.54, 1.807) is 12.1 Å². The van der Waals surface area contributed by atoms with Crippen LogP contribution in [0.5, 0.6) is 0 Å². The number of non-ortho nitro benzene ring substituents is 1. The lowest BCUT2D eigenvalue weighted by Crippen LogP contribution is -2.15. The fourth-order valence-electron chi connectivity index (χ4n) is 3.43. The molecule has 1 aromatic heterocycles. The van der Waals surface area contributed by atoms with Gasteiger partial charge in [-0.2, -0.15) is 0 Å². The van der Waals surface area contributed by atoms with E-state index < -0.39 is 12.5 Å². The van der Waals surface area contributed by atoms with E-state index in [4.69, 9.17) is 14.2 Å². The summed E-state index contributed by atoms with van der Waals surface area (Å²) in [6.07, 6.45) is 1.01. The Hall–Kier alpha value is -2.56. The van der Waals surface area contributed by atoms with Gasteiger partial charge in [0.2, 0.25) is 5.89 Å². The van der Waals surface area contributed by atoms with Crippen LogP contribution >= 0.6 is 19.4 Å². The van der Waals surface area contributed by atoms with E-state index in [-0.39, 0.29) is 17.1 Å². The summed E-state index contributed by atoms with van der Waals surface area (Å²) in [5.41, 5.74) is 3.68.